The van der Waals surface area contributed by atoms with E-state index in [0.29, 0.717) is 0 Å². The van der Waals surface area contributed by atoms with E-state index in [2.05, 4.69) is 19.9 Å². The molecule has 4 heteroatoms. The lowest BCUT2D eigenvalue weighted by Gasteiger charge is -1.80. The van der Waals surface area contributed by atoms with Crippen LogP contribution < -0.4 is 0 Å². The molecule has 0 fully saturated rings. The van der Waals surface area contributed by atoms with Crippen LogP contribution in [0.3, 0.4) is 0 Å². The number of hydrogen-bond donors (Lipinski definition) is 1. The van der Waals surface area contributed by atoms with Crippen LogP contribution in [-0.2, 0) is 0 Å². The Morgan fingerprint density at radius 1 is 1.56 bits per heavy atom. The zero-order valence-electron chi connectivity index (χ0n) is 7.34. The van der Waals surface area contributed by atoms with Gasteiger partial charge in [0.2, 0.25) is 0 Å². The van der Waals surface area contributed by atoms with Gasteiger partial charge in [0.1, 0.15) is 14.6 Å². The van der Waals surface area contributed by atoms with Crippen LogP contribution in [0, 0.1) is 0 Å². The zero-order valence-corrected chi connectivity index (χ0v) is 4.34. The average Bonchev–Trinajstić information content (AvgIpc) is 2.29. The van der Waals surface area contributed by atoms with E-state index < -0.39 is 0 Å². The van der Waals surface area contributed by atoms with E-state index in [1.54, 1.807) is 0 Å². The second-order valence-electron chi connectivity index (χ2n) is 1.48. The van der Waals surface area contributed by atoms with E-state index in [1.165, 1.54) is 0 Å². The molecule has 0 radical (unpaired) electrons. The first-order valence-electron chi connectivity index (χ1n) is 3.84. The lowest BCUT2D eigenvalue weighted by molar-refractivity contribution is 1.20. The maximum absolute atomic E-state index is 7.28. The molecule has 0 aliphatic rings. The molecule has 0 bridgehead atoms. The van der Waals surface area contributed by atoms with Crippen molar-refractivity contribution in [3.05, 3.63) is 18.8 Å². The van der Waals surface area contributed by atoms with E-state index in [1.807, 2.05) is 0 Å². The Kier molecular flexibility index (Phi) is 0.408. The maximum atomic E-state index is 7.28. The lowest BCUT2D eigenvalue weighted by atomic mass is 10.6. The minimum atomic E-state index is -0.240. The summed E-state index contributed by atoms with van der Waals surface area (Å²) >= 11 is 0. The van der Waals surface area contributed by atoms with Crippen LogP contribution in [0.2, 0.25) is 0 Å². The number of hydrogen-bond acceptors (Lipinski definition) is 3. The molecule has 0 aliphatic carbocycles. The summed E-state index contributed by atoms with van der Waals surface area (Å²) in [6.45, 7) is 0. The molecule has 9 heavy (non-hydrogen) atoms. The number of nitrogens with one attached hydrogen (secondary N) is 1. The highest BCUT2D eigenvalue weighted by molar-refractivity contribution is 5.67. The molecule has 0 spiro atoms. The van der Waals surface area contributed by atoms with E-state index >= 15 is 0 Å². The second-order valence-corrected chi connectivity index (χ2v) is 1.48. The summed E-state index contributed by atoms with van der Waals surface area (Å²) in [6.07, 6.45) is -0.436. The molecule has 4 nitrogen and oxygen atoms in total. The van der Waals surface area contributed by atoms with Gasteiger partial charge in [-0.05, 0) is 0 Å². The highest BCUT2D eigenvalue weighted by Crippen LogP contribution is 1.99. The average molecular weight is 126 g/mol. The SMILES string of the molecule is [3H]c1nc([3H])c2nc([3H])[nH]c2n1. The molecular weight excluding hydrogens is 116 g/mol. The third-order valence-corrected chi connectivity index (χ3v) is 0.940. The summed E-state index contributed by atoms with van der Waals surface area (Å²) in [5.74, 6) is 0. The smallest absolute Gasteiger partial charge is 0.160 e. The van der Waals surface area contributed by atoms with Gasteiger partial charge in [-0.2, -0.15) is 0 Å². The first-order valence-corrected chi connectivity index (χ1v) is 2.34. The fourth-order valence-corrected chi connectivity index (χ4v) is 0.561. The van der Waals surface area contributed by atoms with Crippen molar-refractivity contribution in [2.75, 3.05) is 0 Å². The summed E-state index contributed by atoms with van der Waals surface area (Å²) in [7, 11) is 0. The van der Waals surface area contributed by atoms with Crippen molar-refractivity contribution in [3.8, 4) is 0 Å². The van der Waals surface area contributed by atoms with Crippen LogP contribution in [0.4, 0.5) is 0 Å². The van der Waals surface area contributed by atoms with Gasteiger partial charge in [-0.3, -0.25) is 0 Å². The van der Waals surface area contributed by atoms with Gasteiger partial charge in [-0.1, -0.05) is 0 Å². The minimum Gasteiger partial charge on any atom is -0.329 e. The first kappa shape index (κ1) is 2.43. The fourth-order valence-electron chi connectivity index (χ4n) is 0.561. The van der Waals surface area contributed by atoms with Gasteiger partial charge in [-0.15, -0.1) is 0 Å². The molecule has 0 aliphatic heterocycles. The number of fused-ring (bicyclic) bond motifs is 1. The molecule has 0 saturated carbocycles. The fraction of sp³-hybridized carbons (Fsp3) is 0. The molecule has 0 atom stereocenters. The van der Waals surface area contributed by atoms with Crippen molar-refractivity contribution in [1.29, 1.82) is 0 Å². The molecule has 2 heterocycles. The number of H-pyrrole nitrogens is 1. The van der Waals surface area contributed by atoms with E-state index in [4.69, 9.17) is 4.11 Å². The number of nitrogens with zero attached hydrogens (tertiary/aromatic N) is 3. The summed E-state index contributed by atoms with van der Waals surface area (Å²) in [6, 6.07) is 0. The number of aromatic nitrogens is 4. The van der Waals surface area contributed by atoms with Crippen LogP contribution in [0.5, 0.6) is 0 Å². The molecule has 0 amide bonds. The Morgan fingerprint density at radius 3 is 3.56 bits per heavy atom. The third-order valence-electron chi connectivity index (χ3n) is 0.940. The van der Waals surface area contributed by atoms with Crippen molar-refractivity contribution in [1.82, 2.24) is 19.9 Å². The van der Waals surface area contributed by atoms with Crippen molar-refractivity contribution in [3.63, 3.8) is 0 Å². The quantitative estimate of drug-likeness (QED) is 0.554. The largest absolute Gasteiger partial charge is 0.329 e. The van der Waals surface area contributed by atoms with Gasteiger partial charge in [0.05, 0.1) is 13.8 Å². The molecule has 0 unspecified atom stereocenters. The molecule has 2 aromatic rings. The Bertz CT molecular complexity index is 437. The zero-order chi connectivity index (χ0) is 8.72. The Balaban J connectivity index is 2.88. The molecule has 2 aromatic heterocycles. The topological polar surface area (TPSA) is 54.5 Å². The van der Waals surface area contributed by atoms with Gasteiger partial charge in [-0.25, -0.2) is 15.0 Å². The monoisotopic (exact) mass is 126 g/mol. The summed E-state index contributed by atoms with van der Waals surface area (Å²) < 4.78 is 21.5. The van der Waals surface area contributed by atoms with Crippen molar-refractivity contribution >= 4 is 11.2 Å². The van der Waals surface area contributed by atoms with Crippen molar-refractivity contribution in [2.45, 2.75) is 0 Å². The highest BCUT2D eigenvalue weighted by Gasteiger charge is 1.91. The van der Waals surface area contributed by atoms with Gasteiger partial charge >= 0.3 is 0 Å². The normalized spacial score (nSPS) is 14.9. The van der Waals surface area contributed by atoms with Crippen molar-refractivity contribution in [2.24, 2.45) is 0 Å². The number of imidazole rings is 1. The predicted molar refractivity (Wildman–Crippen MR) is 31.7 cm³/mol. The molecule has 1 N–H and O–H groups in total. The van der Waals surface area contributed by atoms with E-state index in [-0.39, 0.29) is 29.9 Å². The van der Waals surface area contributed by atoms with Gasteiger partial charge in [0.25, 0.3) is 0 Å². The molecule has 2 rings (SSSR count). The first-order chi connectivity index (χ1) is 5.66. The maximum Gasteiger partial charge on any atom is 0.160 e. The van der Waals surface area contributed by atoms with Gasteiger partial charge in [0, 0.05) is 0 Å². The molecule has 44 valence electrons. The Hall–Kier alpha value is -1.45. The highest BCUT2D eigenvalue weighted by atomic mass is 15.0. The second kappa shape index (κ2) is 1.51. The van der Waals surface area contributed by atoms with Crippen LogP contribution in [0.1, 0.15) is 4.11 Å². The lowest BCUT2D eigenvalue weighted by Crippen LogP contribution is -1.76. The molecule has 0 aromatic carbocycles. The Morgan fingerprint density at radius 2 is 2.56 bits per heavy atom. The number of rotatable bonds is 0. The summed E-state index contributed by atoms with van der Waals surface area (Å²) in [5.41, 5.74) is 0.501. The minimum absolute atomic E-state index is 0.0709. The van der Waals surface area contributed by atoms with E-state index in [9.17, 15) is 0 Å². The Labute approximate surface area is 55.2 Å². The van der Waals surface area contributed by atoms with Gasteiger partial charge in [0.15, 0.2) is 5.65 Å². The molecule has 0 saturated heterocycles. The number of aromatic amines is 1. The standard InChI is InChI=1S/C5H4N4/c1-4-5(8-2-6-1)9-3-7-4/h1-3H,(H,6,7,8,9)/i1T,2T,3T. The van der Waals surface area contributed by atoms with Crippen LogP contribution >= 0.6 is 0 Å². The van der Waals surface area contributed by atoms with Crippen LogP contribution in [0.15, 0.2) is 18.8 Å². The summed E-state index contributed by atoms with van der Waals surface area (Å²) in [5, 5.41) is 0. The van der Waals surface area contributed by atoms with Crippen molar-refractivity contribution < 1.29 is 4.11 Å². The van der Waals surface area contributed by atoms with E-state index in [0.717, 1.165) is 0 Å². The van der Waals surface area contributed by atoms with Crippen LogP contribution in [-0.4, -0.2) is 19.9 Å². The van der Waals surface area contributed by atoms with Crippen LogP contribution in [0.25, 0.3) is 11.2 Å². The molecular formula is C5H4N4. The summed E-state index contributed by atoms with van der Waals surface area (Å²) in [4.78, 5) is 13.3. The third kappa shape index (κ3) is 0.561. The predicted octanol–water partition coefficient (Wildman–Crippen LogP) is 0.353. The van der Waals surface area contributed by atoms with Gasteiger partial charge < -0.3 is 4.98 Å².